The molecule has 1 fully saturated rings. The number of anilines is 1. The van der Waals surface area contributed by atoms with E-state index in [9.17, 15) is 4.79 Å². The van der Waals surface area contributed by atoms with E-state index < -0.39 is 0 Å². The first-order valence-corrected chi connectivity index (χ1v) is 8.02. The van der Waals surface area contributed by atoms with E-state index in [0.29, 0.717) is 11.6 Å². The highest BCUT2D eigenvalue weighted by atomic mass is 16.1. The molecule has 3 aromatic heterocycles. The predicted octanol–water partition coefficient (Wildman–Crippen LogP) is 1.83. The van der Waals surface area contributed by atoms with Crippen molar-refractivity contribution in [3.05, 3.63) is 54.4 Å². The summed E-state index contributed by atoms with van der Waals surface area (Å²) in [6, 6.07) is 7.65. The number of hydrogen-bond donors (Lipinski definition) is 1. The number of hydrogen-bond acceptors (Lipinski definition) is 5. The van der Waals surface area contributed by atoms with Crippen LogP contribution in [-0.4, -0.2) is 38.9 Å². The van der Waals surface area contributed by atoms with Crippen molar-refractivity contribution in [1.82, 2.24) is 24.7 Å². The zero-order valence-electron chi connectivity index (χ0n) is 13.4. The van der Waals surface area contributed by atoms with Crippen LogP contribution in [0.3, 0.4) is 0 Å². The van der Waals surface area contributed by atoms with Gasteiger partial charge >= 0.3 is 0 Å². The zero-order chi connectivity index (χ0) is 16.5. The second-order valence-corrected chi connectivity index (χ2v) is 5.75. The average Bonchev–Trinajstić information content (AvgIpc) is 3.26. The molecule has 122 valence electrons. The molecule has 4 heterocycles. The van der Waals surface area contributed by atoms with Gasteiger partial charge in [-0.2, -0.15) is 0 Å². The summed E-state index contributed by atoms with van der Waals surface area (Å²) >= 11 is 0. The molecule has 3 aromatic rings. The van der Waals surface area contributed by atoms with Crippen LogP contribution in [0, 0.1) is 0 Å². The van der Waals surface area contributed by atoms with E-state index in [-0.39, 0.29) is 11.9 Å². The molecule has 24 heavy (non-hydrogen) atoms. The second kappa shape index (κ2) is 5.92. The SMILES string of the molecule is CNC(=O)c1nc([C@H]2CCCN2c2ncccn2)n2ccccc12. The Labute approximate surface area is 139 Å². The lowest BCUT2D eigenvalue weighted by Gasteiger charge is -2.23. The van der Waals surface area contributed by atoms with E-state index in [2.05, 4.69) is 25.2 Å². The number of nitrogens with one attached hydrogen (secondary N) is 1. The van der Waals surface area contributed by atoms with Crippen LogP contribution < -0.4 is 10.2 Å². The Balaban J connectivity index is 1.82. The first kappa shape index (κ1) is 14.6. The number of rotatable bonds is 3. The molecule has 1 N–H and O–H groups in total. The molecule has 1 saturated heterocycles. The van der Waals surface area contributed by atoms with Crippen molar-refractivity contribution in [1.29, 1.82) is 0 Å². The van der Waals surface area contributed by atoms with Crippen LogP contribution in [0.15, 0.2) is 42.9 Å². The molecule has 0 aromatic carbocycles. The van der Waals surface area contributed by atoms with Crippen LogP contribution in [0.25, 0.3) is 5.52 Å². The third kappa shape index (κ3) is 2.29. The molecule has 1 amide bonds. The van der Waals surface area contributed by atoms with E-state index in [0.717, 1.165) is 30.7 Å². The van der Waals surface area contributed by atoms with E-state index >= 15 is 0 Å². The van der Waals surface area contributed by atoms with E-state index in [4.69, 9.17) is 0 Å². The topological polar surface area (TPSA) is 75.4 Å². The fourth-order valence-corrected chi connectivity index (χ4v) is 3.30. The highest BCUT2D eigenvalue weighted by Crippen LogP contribution is 2.34. The monoisotopic (exact) mass is 322 g/mol. The predicted molar refractivity (Wildman–Crippen MR) is 89.9 cm³/mol. The highest BCUT2D eigenvalue weighted by molar-refractivity contribution is 5.99. The molecule has 0 unspecified atom stereocenters. The van der Waals surface area contributed by atoms with Crippen LogP contribution in [-0.2, 0) is 0 Å². The molecule has 1 atom stereocenters. The Kier molecular flexibility index (Phi) is 3.60. The number of imidazole rings is 1. The Hall–Kier alpha value is -2.96. The molecule has 1 aliphatic heterocycles. The molecular formula is C17H18N6O. The molecule has 0 bridgehead atoms. The molecular weight excluding hydrogens is 304 g/mol. The van der Waals surface area contributed by atoms with Gasteiger partial charge in [-0.05, 0) is 31.0 Å². The summed E-state index contributed by atoms with van der Waals surface area (Å²) in [6.07, 6.45) is 7.45. The van der Waals surface area contributed by atoms with Gasteiger partial charge in [0.2, 0.25) is 5.95 Å². The third-order valence-corrected chi connectivity index (χ3v) is 4.38. The van der Waals surface area contributed by atoms with Crippen molar-refractivity contribution < 1.29 is 4.79 Å². The number of pyridine rings is 1. The number of carbonyl (C=O) groups is 1. The van der Waals surface area contributed by atoms with Gasteiger partial charge in [0.1, 0.15) is 5.82 Å². The maximum atomic E-state index is 12.2. The minimum absolute atomic E-state index is 0.0562. The highest BCUT2D eigenvalue weighted by Gasteiger charge is 2.32. The van der Waals surface area contributed by atoms with Crippen LogP contribution in [0.4, 0.5) is 5.95 Å². The minimum atomic E-state index is -0.176. The molecule has 7 nitrogen and oxygen atoms in total. The fraction of sp³-hybridized carbons (Fsp3) is 0.294. The Morgan fingerprint density at radius 2 is 2.08 bits per heavy atom. The molecule has 0 saturated carbocycles. The number of carbonyl (C=O) groups excluding carboxylic acids is 1. The number of fused-ring (bicyclic) bond motifs is 1. The largest absolute Gasteiger partial charge is 0.354 e. The van der Waals surface area contributed by atoms with E-state index in [1.165, 1.54) is 0 Å². The summed E-state index contributed by atoms with van der Waals surface area (Å²) in [5.74, 6) is 1.38. The van der Waals surface area contributed by atoms with Gasteiger partial charge in [0.25, 0.3) is 5.91 Å². The minimum Gasteiger partial charge on any atom is -0.354 e. The second-order valence-electron chi connectivity index (χ2n) is 5.75. The lowest BCUT2D eigenvalue weighted by atomic mass is 10.2. The van der Waals surface area contributed by atoms with Gasteiger partial charge in [-0.1, -0.05) is 6.07 Å². The quantitative estimate of drug-likeness (QED) is 0.796. The fourth-order valence-electron chi connectivity index (χ4n) is 3.30. The maximum absolute atomic E-state index is 12.2. The normalized spacial score (nSPS) is 17.4. The smallest absolute Gasteiger partial charge is 0.271 e. The molecule has 4 rings (SSSR count). The van der Waals surface area contributed by atoms with Crippen LogP contribution in [0.2, 0.25) is 0 Å². The summed E-state index contributed by atoms with van der Waals surface area (Å²) in [4.78, 5) is 27.8. The molecule has 0 aliphatic carbocycles. The Bertz CT molecular complexity index is 875. The summed E-state index contributed by atoms with van der Waals surface area (Å²) in [7, 11) is 1.62. The van der Waals surface area contributed by atoms with E-state index in [1.54, 1.807) is 19.4 Å². The molecule has 7 heteroatoms. The summed E-state index contributed by atoms with van der Waals surface area (Å²) in [6.45, 7) is 0.881. The Morgan fingerprint density at radius 3 is 2.88 bits per heavy atom. The lowest BCUT2D eigenvalue weighted by Crippen LogP contribution is -2.26. The third-order valence-electron chi connectivity index (χ3n) is 4.38. The van der Waals surface area contributed by atoms with Crippen molar-refractivity contribution >= 4 is 17.4 Å². The summed E-state index contributed by atoms with van der Waals surface area (Å²) in [5.41, 5.74) is 1.27. The van der Waals surface area contributed by atoms with Crippen LogP contribution >= 0.6 is 0 Å². The Morgan fingerprint density at radius 1 is 1.25 bits per heavy atom. The number of amides is 1. The maximum Gasteiger partial charge on any atom is 0.271 e. The summed E-state index contributed by atoms with van der Waals surface area (Å²) < 4.78 is 2.00. The van der Waals surface area contributed by atoms with Crippen molar-refractivity contribution in [2.75, 3.05) is 18.5 Å². The van der Waals surface area contributed by atoms with Gasteiger partial charge in [0.15, 0.2) is 5.69 Å². The number of aromatic nitrogens is 4. The number of nitrogens with zero attached hydrogens (tertiary/aromatic N) is 5. The molecule has 1 aliphatic rings. The van der Waals surface area contributed by atoms with Crippen LogP contribution in [0.5, 0.6) is 0 Å². The van der Waals surface area contributed by atoms with Gasteiger partial charge in [-0.15, -0.1) is 0 Å². The average molecular weight is 322 g/mol. The summed E-state index contributed by atoms with van der Waals surface area (Å²) in [5, 5.41) is 2.67. The molecule has 0 spiro atoms. The van der Waals surface area contributed by atoms with Crippen LogP contribution in [0.1, 0.15) is 35.2 Å². The van der Waals surface area contributed by atoms with Crippen molar-refractivity contribution in [2.24, 2.45) is 0 Å². The van der Waals surface area contributed by atoms with Gasteiger partial charge in [-0.3, -0.25) is 4.79 Å². The van der Waals surface area contributed by atoms with E-state index in [1.807, 2.05) is 34.9 Å². The standard InChI is InChI=1S/C17H18N6O/c1-18-16(24)14-12-6-2-3-10-22(12)15(21-14)13-7-4-11-23(13)17-19-8-5-9-20-17/h2-3,5-6,8-10,13H,4,7,11H2,1H3,(H,18,24)/t13-/m1/s1. The van der Waals surface area contributed by atoms with Gasteiger partial charge < -0.3 is 14.6 Å². The van der Waals surface area contributed by atoms with Crippen molar-refractivity contribution in [3.8, 4) is 0 Å². The van der Waals surface area contributed by atoms with Gasteiger partial charge in [0.05, 0.1) is 11.6 Å². The zero-order valence-corrected chi connectivity index (χ0v) is 13.4. The first-order valence-electron chi connectivity index (χ1n) is 8.02. The lowest BCUT2D eigenvalue weighted by molar-refractivity contribution is 0.0960. The van der Waals surface area contributed by atoms with Crippen molar-refractivity contribution in [3.63, 3.8) is 0 Å². The van der Waals surface area contributed by atoms with Crippen molar-refractivity contribution in [2.45, 2.75) is 18.9 Å². The van der Waals surface area contributed by atoms with Gasteiger partial charge in [0, 0.05) is 32.2 Å². The van der Waals surface area contributed by atoms with Gasteiger partial charge in [-0.25, -0.2) is 15.0 Å². The molecule has 0 radical (unpaired) electrons. The first-order chi connectivity index (χ1) is 11.8.